The van der Waals surface area contributed by atoms with Gasteiger partial charge in [-0.25, -0.2) is 4.79 Å². The van der Waals surface area contributed by atoms with E-state index in [1.807, 2.05) is 31.7 Å². The van der Waals surface area contributed by atoms with E-state index < -0.39 is 5.60 Å². The summed E-state index contributed by atoms with van der Waals surface area (Å²) in [6.45, 7) is 6.60. The molecule has 1 aromatic carbocycles. The molecule has 1 aromatic rings. The van der Waals surface area contributed by atoms with Crippen LogP contribution in [-0.4, -0.2) is 35.2 Å². The molecule has 3 rings (SSSR count). The summed E-state index contributed by atoms with van der Waals surface area (Å²) in [5.41, 5.74) is 0.869. The molecule has 1 amide bonds. The van der Waals surface area contributed by atoms with Crippen molar-refractivity contribution >= 4 is 6.09 Å². The molecular formula is C19H28N2O2. The Balaban J connectivity index is 1.76. The Morgan fingerprint density at radius 1 is 1.22 bits per heavy atom. The highest BCUT2D eigenvalue weighted by Crippen LogP contribution is 2.34. The normalized spacial score (nSPS) is 28.1. The van der Waals surface area contributed by atoms with Gasteiger partial charge in [-0.3, -0.25) is 0 Å². The van der Waals surface area contributed by atoms with Crippen LogP contribution in [0, 0.1) is 0 Å². The van der Waals surface area contributed by atoms with Crippen molar-refractivity contribution < 1.29 is 9.53 Å². The Bertz CT molecular complexity index is 538. The van der Waals surface area contributed by atoms with Gasteiger partial charge < -0.3 is 15.0 Å². The number of carbonyl (C=O) groups is 1. The molecule has 2 heterocycles. The Morgan fingerprint density at radius 2 is 1.96 bits per heavy atom. The van der Waals surface area contributed by atoms with Crippen LogP contribution >= 0.6 is 0 Å². The van der Waals surface area contributed by atoms with E-state index in [1.54, 1.807) is 0 Å². The van der Waals surface area contributed by atoms with E-state index in [9.17, 15) is 4.79 Å². The highest BCUT2D eigenvalue weighted by atomic mass is 16.6. The van der Waals surface area contributed by atoms with Crippen molar-refractivity contribution in [2.24, 2.45) is 0 Å². The molecule has 1 N–H and O–H groups in total. The first-order valence-corrected chi connectivity index (χ1v) is 8.75. The lowest BCUT2D eigenvalue weighted by Gasteiger charge is -2.32. The number of amides is 1. The third-order valence-corrected chi connectivity index (χ3v) is 4.75. The average molecular weight is 316 g/mol. The molecule has 0 aliphatic carbocycles. The van der Waals surface area contributed by atoms with Crippen molar-refractivity contribution in [3.63, 3.8) is 0 Å². The van der Waals surface area contributed by atoms with Gasteiger partial charge in [0.2, 0.25) is 0 Å². The fourth-order valence-corrected chi connectivity index (χ4v) is 3.74. The number of nitrogens with one attached hydrogen (secondary N) is 1. The average Bonchev–Trinajstić information content (AvgIpc) is 2.80. The summed E-state index contributed by atoms with van der Waals surface area (Å²) in [6.07, 6.45) is 4.16. The predicted molar refractivity (Wildman–Crippen MR) is 91.3 cm³/mol. The van der Waals surface area contributed by atoms with E-state index in [0.29, 0.717) is 12.1 Å². The first kappa shape index (κ1) is 16.3. The second kappa shape index (κ2) is 6.52. The van der Waals surface area contributed by atoms with Crippen molar-refractivity contribution in [3.05, 3.63) is 35.9 Å². The molecule has 2 saturated heterocycles. The van der Waals surface area contributed by atoms with Gasteiger partial charge in [-0.15, -0.1) is 0 Å². The van der Waals surface area contributed by atoms with Crippen molar-refractivity contribution in [2.75, 3.05) is 6.54 Å². The molecule has 126 valence electrons. The Morgan fingerprint density at radius 3 is 2.65 bits per heavy atom. The van der Waals surface area contributed by atoms with Gasteiger partial charge in [0.05, 0.1) is 6.04 Å². The van der Waals surface area contributed by atoms with Crippen LogP contribution in [0.2, 0.25) is 0 Å². The molecule has 0 unspecified atom stereocenters. The van der Waals surface area contributed by atoms with E-state index in [1.165, 1.54) is 5.56 Å². The second-order valence-electron chi connectivity index (χ2n) is 7.71. The van der Waals surface area contributed by atoms with Gasteiger partial charge in [-0.2, -0.15) is 0 Å². The van der Waals surface area contributed by atoms with Crippen LogP contribution in [0.3, 0.4) is 0 Å². The van der Waals surface area contributed by atoms with Gasteiger partial charge in [0.1, 0.15) is 5.60 Å². The maximum absolute atomic E-state index is 12.6. The molecule has 0 saturated carbocycles. The van der Waals surface area contributed by atoms with Crippen molar-refractivity contribution in [1.82, 2.24) is 10.2 Å². The van der Waals surface area contributed by atoms with Crippen molar-refractivity contribution in [1.29, 1.82) is 0 Å². The third-order valence-electron chi connectivity index (χ3n) is 4.75. The molecule has 3 atom stereocenters. The monoisotopic (exact) mass is 316 g/mol. The number of carbonyl (C=O) groups excluding carboxylic acids is 1. The maximum atomic E-state index is 12.6. The van der Waals surface area contributed by atoms with Crippen LogP contribution in [0.4, 0.5) is 4.79 Å². The number of ether oxygens (including phenoxy) is 1. The zero-order valence-electron chi connectivity index (χ0n) is 14.4. The number of hydrogen-bond donors (Lipinski definition) is 1. The van der Waals surface area contributed by atoms with Crippen molar-refractivity contribution in [2.45, 2.75) is 70.2 Å². The quantitative estimate of drug-likeness (QED) is 0.855. The first-order valence-electron chi connectivity index (χ1n) is 8.75. The van der Waals surface area contributed by atoms with Crippen LogP contribution in [-0.2, 0) is 4.74 Å². The second-order valence-corrected chi connectivity index (χ2v) is 7.71. The molecule has 4 nitrogen and oxygen atoms in total. The smallest absolute Gasteiger partial charge is 0.410 e. The fourth-order valence-electron chi connectivity index (χ4n) is 3.74. The lowest BCUT2D eigenvalue weighted by molar-refractivity contribution is 0.0162. The highest BCUT2D eigenvalue weighted by molar-refractivity contribution is 5.69. The zero-order chi connectivity index (χ0) is 16.4. The van der Waals surface area contributed by atoms with Crippen LogP contribution < -0.4 is 5.32 Å². The maximum Gasteiger partial charge on any atom is 0.410 e. The van der Waals surface area contributed by atoms with Gasteiger partial charge in [-0.05, 0) is 45.6 Å². The van der Waals surface area contributed by atoms with Gasteiger partial charge in [0.25, 0.3) is 0 Å². The molecular weight excluding hydrogens is 288 g/mol. The molecule has 0 aromatic heterocycles. The Kier molecular flexibility index (Phi) is 4.62. The summed E-state index contributed by atoms with van der Waals surface area (Å²) >= 11 is 0. The minimum absolute atomic E-state index is 0.162. The third kappa shape index (κ3) is 3.86. The number of nitrogens with zero attached hydrogens (tertiary/aromatic N) is 1. The number of likely N-dealkylation sites (tertiary alicyclic amines) is 1. The zero-order valence-corrected chi connectivity index (χ0v) is 14.4. The first-order chi connectivity index (χ1) is 10.9. The minimum atomic E-state index is -0.441. The molecule has 2 aliphatic rings. The van der Waals surface area contributed by atoms with Gasteiger partial charge in [0.15, 0.2) is 0 Å². The van der Waals surface area contributed by atoms with Gasteiger partial charge >= 0.3 is 6.09 Å². The van der Waals surface area contributed by atoms with E-state index in [2.05, 4.69) is 29.6 Å². The molecule has 0 bridgehead atoms. The molecule has 2 fully saturated rings. The summed E-state index contributed by atoms with van der Waals surface area (Å²) < 4.78 is 5.64. The number of rotatable bonds is 1. The summed E-state index contributed by atoms with van der Waals surface area (Å²) in [5.74, 6) is 0. The molecule has 0 radical (unpaired) electrons. The number of benzene rings is 1. The lowest BCUT2D eigenvalue weighted by atomic mass is 10.0. The van der Waals surface area contributed by atoms with Gasteiger partial charge in [0, 0.05) is 18.6 Å². The van der Waals surface area contributed by atoms with E-state index in [0.717, 1.165) is 32.2 Å². The number of hydrogen-bond acceptors (Lipinski definition) is 3. The van der Waals surface area contributed by atoms with Crippen LogP contribution in [0.1, 0.15) is 58.1 Å². The highest BCUT2D eigenvalue weighted by Gasteiger charge is 2.41. The molecule has 4 heteroatoms. The minimum Gasteiger partial charge on any atom is -0.444 e. The van der Waals surface area contributed by atoms with Gasteiger partial charge in [-0.1, -0.05) is 36.8 Å². The summed E-state index contributed by atoms with van der Waals surface area (Å²) in [6, 6.07) is 11.5. The van der Waals surface area contributed by atoms with E-state index in [4.69, 9.17) is 4.74 Å². The molecule has 23 heavy (non-hydrogen) atoms. The van der Waals surface area contributed by atoms with Crippen LogP contribution in [0.15, 0.2) is 30.3 Å². The standard InChI is InChI=1S/C19H28N2O2/c1-19(2,3)23-18(22)21-12-8-7-11-15-17(21)13-16(20-15)14-9-5-4-6-10-14/h4-6,9-10,15-17,20H,7-8,11-13H2,1-3H3/t15-,16-,17-/m1/s1. The van der Waals surface area contributed by atoms with E-state index >= 15 is 0 Å². The summed E-state index contributed by atoms with van der Waals surface area (Å²) in [5, 5.41) is 3.75. The predicted octanol–water partition coefficient (Wildman–Crippen LogP) is 3.88. The van der Waals surface area contributed by atoms with Crippen LogP contribution in [0.5, 0.6) is 0 Å². The Labute approximate surface area is 139 Å². The fraction of sp³-hybridized carbons (Fsp3) is 0.632. The SMILES string of the molecule is CC(C)(C)OC(=O)N1CCCC[C@H]2N[C@@H](c3ccccc3)C[C@H]21. The summed E-state index contributed by atoms with van der Waals surface area (Å²) in [7, 11) is 0. The van der Waals surface area contributed by atoms with E-state index in [-0.39, 0.29) is 12.1 Å². The topological polar surface area (TPSA) is 41.6 Å². The lowest BCUT2D eigenvalue weighted by Crippen LogP contribution is -2.47. The molecule has 0 spiro atoms. The summed E-state index contributed by atoms with van der Waals surface area (Å²) in [4.78, 5) is 14.6. The number of fused-ring (bicyclic) bond motifs is 1. The molecule has 2 aliphatic heterocycles. The van der Waals surface area contributed by atoms with Crippen LogP contribution in [0.25, 0.3) is 0 Å². The van der Waals surface area contributed by atoms with Crippen molar-refractivity contribution in [3.8, 4) is 0 Å². The Hall–Kier alpha value is -1.55. The largest absolute Gasteiger partial charge is 0.444 e.